The number of piperidine rings is 1. The second kappa shape index (κ2) is 8.88. The van der Waals surface area contributed by atoms with Crippen LogP contribution in [0.1, 0.15) is 51.2 Å². The molecule has 0 saturated carbocycles. The Labute approximate surface area is 192 Å². The van der Waals surface area contributed by atoms with Crippen LogP contribution >= 0.6 is 0 Å². The third-order valence-corrected chi connectivity index (χ3v) is 6.80. The van der Waals surface area contributed by atoms with E-state index in [0.29, 0.717) is 51.1 Å². The molecule has 3 rings (SSSR count). The van der Waals surface area contributed by atoms with E-state index in [1.54, 1.807) is 13.1 Å². The van der Waals surface area contributed by atoms with Gasteiger partial charge in [-0.15, -0.1) is 0 Å². The van der Waals surface area contributed by atoms with Gasteiger partial charge < -0.3 is 15.1 Å². The maximum atomic E-state index is 13.5. The van der Waals surface area contributed by atoms with Gasteiger partial charge in [-0.3, -0.25) is 9.59 Å². The molecule has 0 aliphatic carbocycles. The Morgan fingerprint density at radius 3 is 2.36 bits per heavy atom. The van der Waals surface area contributed by atoms with Crippen LogP contribution in [0.15, 0.2) is 18.2 Å². The van der Waals surface area contributed by atoms with E-state index in [1.165, 1.54) is 12.1 Å². The molecule has 0 radical (unpaired) electrons. The van der Waals surface area contributed by atoms with Crippen LogP contribution in [0.2, 0.25) is 0 Å². The van der Waals surface area contributed by atoms with Crippen molar-refractivity contribution >= 4 is 17.5 Å². The van der Waals surface area contributed by atoms with E-state index in [4.69, 9.17) is 5.26 Å². The number of anilines is 1. The van der Waals surface area contributed by atoms with Crippen LogP contribution in [0.3, 0.4) is 0 Å². The number of nitrogens with zero attached hydrogens (tertiary/aromatic N) is 3. The van der Waals surface area contributed by atoms with E-state index in [-0.39, 0.29) is 17.2 Å². The fourth-order valence-electron chi connectivity index (χ4n) is 5.04. The number of halogens is 3. The highest BCUT2D eigenvalue weighted by Crippen LogP contribution is 2.47. The molecular formula is C24H31F3N4O2. The van der Waals surface area contributed by atoms with Gasteiger partial charge in [-0.2, -0.15) is 18.4 Å². The molecule has 0 aromatic heterocycles. The number of hydrogen-bond acceptors (Lipinski definition) is 4. The first-order valence-electron chi connectivity index (χ1n) is 11.2. The molecule has 2 aliphatic rings. The molecule has 1 spiro atoms. The van der Waals surface area contributed by atoms with Crippen LogP contribution in [0.4, 0.5) is 18.9 Å². The van der Waals surface area contributed by atoms with Crippen molar-refractivity contribution < 1.29 is 22.8 Å². The lowest BCUT2D eigenvalue weighted by Crippen LogP contribution is -2.49. The summed E-state index contributed by atoms with van der Waals surface area (Å²) in [4.78, 5) is 29.1. The summed E-state index contributed by atoms with van der Waals surface area (Å²) in [6.45, 7) is 7.81. The number of rotatable bonds is 3. The minimum atomic E-state index is -4.64. The molecule has 1 aromatic carbocycles. The monoisotopic (exact) mass is 464 g/mol. The number of carbonyl (C=O) groups excluding carboxylic acids is 2. The van der Waals surface area contributed by atoms with Gasteiger partial charge in [0.25, 0.3) is 0 Å². The van der Waals surface area contributed by atoms with E-state index in [0.717, 1.165) is 6.07 Å². The fourth-order valence-corrected chi connectivity index (χ4v) is 5.04. The first kappa shape index (κ1) is 24.9. The second-order valence-electron chi connectivity index (χ2n) is 10.4. The Hall–Kier alpha value is -2.76. The second-order valence-corrected chi connectivity index (χ2v) is 10.4. The molecule has 180 valence electrons. The summed E-state index contributed by atoms with van der Waals surface area (Å²) in [5, 5.41) is 11.8. The number of hydrogen-bond donors (Lipinski definition) is 1. The smallest absolute Gasteiger partial charge is 0.370 e. The van der Waals surface area contributed by atoms with E-state index in [2.05, 4.69) is 5.32 Å². The molecule has 2 aliphatic heterocycles. The molecule has 2 heterocycles. The highest BCUT2D eigenvalue weighted by atomic mass is 19.4. The SMILES string of the molecule is CNC(=O)C1CN(c2ccc(C#N)c(C(F)(F)F)c2)CC12CCN(C(=O)CC(C)(C)C)CC2. The van der Waals surface area contributed by atoms with Crippen molar-refractivity contribution in [2.45, 2.75) is 46.2 Å². The summed E-state index contributed by atoms with van der Waals surface area (Å²) in [6.07, 6.45) is -2.98. The van der Waals surface area contributed by atoms with Crippen molar-refractivity contribution in [3.05, 3.63) is 29.3 Å². The third-order valence-electron chi connectivity index (χ3n) is 6.80. The van der Waals surface area contributed by atoms with Crippen molar-refractivity contribution in [1.82, 2.24) is 10.2 Å². The van der Waals surface area contributed by atoms with Crippen LogP contribution in [-0.4, -0.2) is 49.9 Å². The summed E-state index contributed by atoms with van der Waals surface area (Å²) in [7, 11) is 1.56. The van der Waals surface area contributed by atoms with Gasteiger partial charge in [0.1, 0.15) is 0 Å². The summed E-state index contributed by atoms with van der Waals surface area (Å²) in [5.41, 5.74) is -1.59. The summed E-state index contributed by atoms with van der Waals surface area (Å²) in [5.74, 6) is -0.449. The topological polar surface area (TPSA) is 76.4 Å². The lowest BCUT2D eigenvalue weighted by Gasteiger charge is -2.42. The molecule has 9 heteroatoms. The zero-order chi connectivity index (χ0) is 24.6. The Kier molecular flexibility index (Phi) is 6.69. The van der Waals surface area contributed by atoms with Crippen molar-refractivity contribution in [3.8, 4) is 6.07 Å². The molecule has 2 fully saturated rings. The van der Waals surface area contributed by atoms with Gasteiger partial charge in [0.2, 0.25) is 11.8 Å². The molecule has 1 aromatic rings. The van der Waals surface area contributed by atoms with Gasteiger partial charge in [-0.05, 0) is 36.5 Å². The maximum absolute atomic E-state index is 13.5. The van der Waals surface area contributed by atoms with Gasteiger partial charge in [0.05, 0.1) is 23.1 Å². The number of alkyl halides is 3. The maximum Gasteiger partial charge on any atom is 0.417 e. The predicted octanol–water partition coefficient (Wildman–Crippen LogP) is 3.80. The van der Waals surface area contributed by atoms with Crippen molar-refractivity contribution in [2.75, 3.05) is 38.1 Å². The fraction of sp³-hybridized carbons (Fsp3) is 0.625. The van der Waals surface area contributed by atoms with Crippen molar-refractivity contribution in [3.63, 3.8) is 0 Å². The first-order valence-corrected chi connectivity index (χ1v) is 11.2. The number of benzene rings is 1. The predicted molar refractivity (Wildman–Crippen MR) is 118 cm³/mol. The van der Waals surface area contributed by atoms with E-state index >= 15 is 0 Å². The number of amides is 2. The zero-order valence-electron chi connectivity index (χ0n) is 19.6. The average Bonchev–Trinajstić information content (AvgIpc) is 3.10. The molecule has 6 nitrogen and oxygen atoms in total. The van der Waals surface area contributed by atoms with Crippen LogP contribution < -0.4 is 10.2 Å². The van der Waals surface area contributed by atoms with Crippen molar-refractivity contribution in [1.29, 1.82) is 5.26 Å². The third kappa shape index (κ3) is 5.26. The van der Waals surface area contributed by atoms with E-state index in [9.17, 15) is 22.8 Å². The molecule has 33 heavy (non-hydrogen) atoms. The highest BCUT2D eigenvalue weighted by molar-refractivity contribution is 5.81. The van der Waals surface area contributed by atoms with Gasteiger partial charge >= 0.3 is 6.18 Å². The van der Waals surface area contributed by atoms with E-state index in [1.807, 2.05) is 30.6 Å². The normalized spacial score (nSPS) is 20.6. The molecular weight excluding hydrogens is 433 g/mol. The van der Waals surface area contributed by atoms with Gasteiger partial charge in [-0.25, -0.2) is 0 Å². The quantitative estimate of drug-likeness (QED) is 0.738. The largest absolute Gasteiger partial charge is 0.417 e. The summed E-state index contributed by atoms with van der Waals surface area (Å²) < 4.78 is 40.4. The molecule has 1 N–H and O–H groups in total. The lowest BCUT2D eigenvalue weighted by molar-refractivity contribution is -0.138. The first-order chi connectivity index (χ1) is 15.3. The average molecular weight is 465 g/mol. The zero-order valence-corrected chi connectivity index (χ0v) is 19.6. The van der Waals surface area contributed by atoms with Crippen LogP contribution in [0, 0.1) is 28.1 Å². The lowest BCUT2D eigenvalue weighted by atomic mass is 9.70. The Balaban J connectivity index is 1.84. The Bertz CT molecular complexity index is 954. The number of likely N-dealkylation sites (tertiary alicyclic amines) is 1. The molecule has 2 saturated heterocycles. The molecule has 0 bridgehead atoms. The minimum absolute atomic E-state index is 0.0885. The number of nitrogens with one attached hydrogen (secondary N) is 1. The van der Waals surface area contributed by atoms with Gasteiger partial charge in [-0.1, -0.05) is 20.8 Å². The van der Waals surface area contributed by atoms with Crippen LogP contribution in [0.5, 0.6) is 0 Å². The van der Waals surface area contributed by atoms with Gasteiger partial charge in [0.15, 0.2) is 0 Å². The number of nitriles is 1. The van der Waals surface area contributed by atoms with Crippen LogP contribution in [-0.2, 0) is 15.8 Å². The van der Waals surface area contributed by atoms with Gasteiger partial charge in [0, 0.05) is 50.7 Å². The molecule has 2 amide bonds. The Morgan fingerprint density at radius 2 is 1.85 bits per heavy atom. The summed E-state index contributed by atoms with van der Waals surface area (Å²) >= 11 is 0. The molecule has 1 unspecified atom stereocenters. The Morgan fingerprint density at radius 1 is 1.21 bits per heavy atom. The highest BCUT2D eigenvalue weighted by Gasteiger charge is 2.51. The summed E-state index contributed by atoms with van der Waals surface area (Å²) in [6, 6.07) is 5.30. The molecule has 1 atom stereocenters. The standard InChI is InChI=1S/C24H31F3N4O2/c1-22(2,3)12-20(32)30-9-7-23(8-10-30)15-31(14-19(23)21(33)29-4)17-6-5-16(13-28)18(11-17)24(25,26)27/h5-6,11,19H,7-10,12,14-15H2,1-4H3,(H,29,33). The minimum Gasteiger partial charge on any atom is -0.370 e. The number of carbonyl (C=O) groups is 2. The van der Waals surface area contributed by atoms with Crippen molar-refractivity contribution in [2.24, 2.45) is 16.7 Å². The van der Waals surface area contributed by atoms with Crippen LogP contribution in [0.25, 0.3) is 0 Å². The van der Waals surface area contributed by atoms with E-state index < -0.39 is 28.6 Å².